The Morgan fingerprint density at radius 2 is 2.27 bits per heavy atom. The highest BCUT2D eigenvalue weighted by Gasteiger charge is 2.09. The van der Waals surface area contributed by atoms with Crippen LogP contribution in [0, 0.1) is 11.3 Å². The molecule has 0 aromatic heterocycles. The Bertz CT molecular complexity index is 382. The van der Waals surface area contributed by atoms with Crippen molar-refractivity contribution in [2.45, 2.75) is 6.92 Å². The van der Waals surface area contributed by atoms with Crippen LogP contribution in [0.5, 0.6) is 11.5 Å². The summed E-state index contributed by atoms with van der Waals surface area (Å²) in [7, 11) is 0. The number of benzene rings is 1. The first-order valence-electron chi connectivity index (χ1n) is 4.54. The second-order valence-corrected chi connectivity index (χ2v) is 2.67. The monoisotopic (exact) mass is 205 g/mol. The number of nitriles is 1. The van der Waals surface area contributed by atoms with E-state index in [0.29, 0.717) is 30.0 Å². The van der Waals surface area contributed by atoms with Gasteiger partial charge in [0, 0.05) is 0 Å². The second kappa shape index (κ2) is 5.66. The summed E-state index contributed by atoms with van der Waals surface area (Å²) in [6, 6.07) is 6.86. The van der Waals surface area contributed by atoms with E-state index in [2.05, 4.69) is 0 Å². The van der Waals surface area contributed by atoms with Gasteiger partial charge in [-0.2, -0.15) is 5.26 Å². The molecule has 0 aliphatic rings. The molecular weight excluding hydrogens is 194 g/mol. The van der Waals surface area contributed by atoms with E-state index in [0.717, 1.165) is 0 Å². The Labute approximate surface area is 88.0 Å². The van der Waals surface area contributed by atoms with E-state index in [-0.39, 0.29) is 6.61 Å². The van der Waals surface area contributed by atoms with Crippen molar-refractivity contribution in [1.82, 2.24) is 0 Å². The molecule has 1 aromatic rings. The number of carbonyl (C=O) groups is 1. The van der Waals surface area contributed by atoms with Crippen molar-refractivity contribution < 1.29 is 14.3 Å². The van der Waals surface area contributed by atoms with Crippen molar-refractivity contribution in [3.05, 3.63) is 23.8 Å². The van der Waals surface area contributed by atoms with Crippen LogP contribution < -0.4 is 9.47 Å². The van der Waals surface area contributed by atoms with Crippen molar-refractivity contribution in [2.75, 3.05) is 13.2 Å². The van der Waals surface area contributed by atoms with Gasteiger partial charge in [0.25, 0.3) is 0 Å². The molecule has 1 rings (SSSR count). The molecule has 0 spiro atoms. The standard InChI is InChI=1S/C11H11NO3/c1-2-14-10-5-3-4-9(8-13)11(10)15-7-6-12/h3-5,8H,2,7H2,1H3. The van der Waals surface area contributed by atoms with E-state index in [1.165, 1.54) is 0 Å². The third-order valence-corrected chi connectivity index (χ3v) is 1.72. The third kappa shape index (κ3) is 2.71. The van der Waals surface area contributed by atoms with Crippen LogP contribution >= 0.6 is 0 Å². The van der Waals surface area contributed by atoms with Crippen LogP contribution in [0.1, 0.15) is 17.3 Å². The predicted octanol–water partition coefficient (Wildman–Crippen LogP) is 1.80. The van der Waals surface area contributed by atoms with Gasteiger partial charge in [0.15, 0.2) is 24.4 Å². The highest BCUT2D eigenvalue weighted by molar-refractivity contribution is 5.81. The number of hydrogen-bond donors (Lipinski definition) is 0. The zero-order valence-corrected chi connectivity index (χ0v) is 8.40. The summed E-state index contributed by atoms with van der Waals surface area (Å²) in [5, 5.41) is 8.41. The topological polar surface area (TPSA) is 59.3 Å². The van der Waals surface area contributed by atoms with Crippen molar-refractivity contribution in [3.63, 3.8) is 0 Å². The maximum atomic E-state index is 10.7. The first kappa shape index (κ1) is 11.1. The second-order valence-electron chi connectivity index (χ2n) is 2.67. The minimum Gasteiger partial charge on any atom is -0.490 e. The van der Waals surface area contributed by atoms with Crippen LogP contribution in [0.2, 0.25) is 0 Å². The Morgan fingerprint density at radius 3 is 2.87 bits per heavy atom. The molecule has 0 saturated heterocycles. The highest BCUT2D eigenvalue weighted by atomic mass is 16.5. The van der Waals surface area contributed by atoms with E-state index in [4.69, 9.17) is 14.7 Å². The van der Waals surface area contributed by atoms with Gasteiger partial charge < -0.3 is 9.47 Å². The molecule has 0 heterocycles. The van der Waals surface area contributed by atoms with Crippen molar-refractivity contribution >= 4 is 6.29 Å². The molecule has 0 amide bonds. The van der Waals surface area contributed by atoms with E-state index in [1.807, 2.05) is 13.0 Å². The van der Waals surface area contributed by atoms with Crippen LogP contribution in [0.15, 0.2) is 18.2 Å². The first-order chi connectivity index (χ1) is 7.33. The molecule has 0 atom stereocenters. The van der Waals surface area contributed by atoms with E-state index in [9.17, 15) is 4.79 Å². The van der Waals surface area contributed by atoms with Gasteiger partial charge in [0.1, 0.15) is 6.07 Å². The maximum absolute atomic E-state index is 10.7. The summed E-state index contributed by atoms with van der Waals surface area (Å²) in [5.74, 6) is 0.813. The molecule has 0 aliphatic heterocycles. The lowest BCUT2D eigenvalue weighted by molar-refractivity contribution is 0.111. The highest BCUT2D eigenvalue weighted by Crippen LogP contribution is 2.30. The summed E-state index contributed by atoms with van der Waals surface area (Å²) in [4.78, 5) is 10.7. The minimum absolute atomic E-state index is 0.106. The predicted molar refractivity (Wildman–Crippen MR) is 54.1 cm³/mol. The largest absolute Gasteiger partial charge is 0.490 e. The fourth-order valence-corrected chi connectivity index (χ4v) is 1.15. The maximum Gasteiger partial charge on any atom is 0.174 e. The van der Waals surface area contributed by atoms with Gasteiger partial charge in [-0.05, 0) is 19.1 Å². The molecule has 0 fully saturated rings. The van der Waals surface area contributed by atoms with Gasteiger partial charge in [-0.3, -0.25) is 4.79 Å². The Hall–Kier alpha value is -2.02. The SMILES string of the molecule is CCOc1cccc(C=O)c1OCC#N. The van der Waals surface area contributed by atoms with Gasteiger partial charge in [-0.25, -0.2) is 0 Å². The average Bonchev–Trinajstić information content (AvgIpc) is 2.27. The van der Waals surface area contributed by atoms with Gasteiger partial charge in [0.2, 0.25) is 0 Å². The molecule has 0 saturated carbocycles. The molecule has 0 unspecified atom stereocenters. The molecule has 0 N–H and O–H groups in total. The van der Waals surface area contributed by atoms with Crippen LogP contribution in [0.4, 0.5) is 0 Å². The summed E-state index contributed by atoms with van der Waals surface area (Å²) in [6.07, 6.45) is 0.676. The summed E-state index contributed by atoms with van der Waals surface area (Å²) >= 11 is 0. The number of aldehydes is 1. The number of carbonyl (C=O) groups excluding carboxylic acids is 1. The molecule has 15 heavy (non-hydrogen) atoms. The quantitative estimate of drug-likeness (QED) is 0.688. The number of ether oxygens (including phenoxy) is 2. The lowest BCUT2D eigenvalue weighted by atomic mass is 10.2. The van der Waals surface area contributed by atoms with Crippen molar-refractivity contribution in [1.29, 1.82) is 5.26 Å². The van der Waals surface area contributed by atoms with Gasteiger partial charge in [-0.1, -0.05) is 6.07 Å². The molecule has 0 aliphatic carbocycles. The molecule has 0 radical (unpaired) electrons. The molecule has 78 valence electrons. The lowest BCUT2D eigenvalue weighted by Crippen LogP contribution is -2.01. The summed E-state index contributed by atoms with van der Waals surface area (Å²) in [5.41, 5.74) is 0.385. The zero-order chi connectivity index (χ0) is 11.1. The first-order valence-corrected chi connectivity index (χ1v) is 4.54. The Morgan fingerprint density at radius 1 is 1.47 bits per heavy atom. The molecule has 4 heteroatoms. The molecule has 0 bridgehead atoms. The fourth-order valence-electron chi connectivity index (χ4n) is 1.15. The van der Waals surface area contributed by atoms with Crippen LogP contribution in [0.3, 0.4) is 0 Å². The normalized spacial score (nSPS) is 9.07. The summed E-state index contributed by atoms with van der Waals surface area (Å²) < 4.78 is 10.4. The van der Waals surface area contributed by atoms with Gasteiger partial charge in [-0.15, -0.1) is 0 Å². The lowest BCUT2D eigenvalue weighted by Gasteiger charge is -2.11. The fraction of sp³-hybridized carbons (Fsp3) is 0.273. The number of nitrogens with zero attached hydrogens (tertiary/aromatic N) is 1. The molecular formula is C11H11NO3. The van der Waals surface area contributed by atoms with Crippen molar-refractivity contribution in [3.8, 4) is 17.6 Å². The minimum atomic E-state index is -0.106. The summed E-state index contributed by atoms with van der Waals surface area (Å²) in [6.45, 7) is 2.21. The number of rotatable bonds is 5. The Balaban J connectivity index is 3.03. The van der Waals surface area contributed by atoms with Crippen molar-refractivity contribution in [2.24, 2.45) is 0 Å². The third-order valence-electron chi connectivity index (χ3n) is 1.72. The van der Waals surface area contributed by atoms with Gasteiger partial charge in [0.05, 0.1) is 12.2 Å². The Kier molecular flexibility index (Phi) is 4.17. The van der Waals surface area contributed by atoms with E-state index in [1.54, 1.807) is 18.2 Å². The van der Waals surface area contributed by atoms with Crippen LogP contribution in [-0.4, -0.2) is 19.5 Å². The van der Waals surface area contributed by atoms with Crippen LogP contribution in [0.25, 0.3) is 0 Å². The molecule has 4 nitrogen and oxygen atoms in total. The average molecular weight is 205 g/mol. The zero-order valence-electron chi connectivity index (χ0n) is 8.40. The number of para-hydroxylation sites is 1. The molecule has 1 aromatic carbocycles. The van der Waals surface area contributed by atoms with E-state index < -0.39 is 0 Å². The van der Waals surface area contributed by atoms with E-state index >= 15 is 0 Å². The number of hydrogen-bond acceptors (Lipinski definition) is 4. The van der Waals surface area contributed by atoms with Crippen LogP contribution in [-0.2, 0) is 0 Å². The van der Waals surface area contributed by atoms with Gasteiger partial charge >= 0.3 is 0 Å². The smallest absolute Gasteiger partial charge is 0.174 e.